The second-order valence-electron chi connectivity index (χ2n) is 9.22. The van der Waals surface area contributed by atoms with E-state index in [0.717, 1.165) is 11.1 Å². The van der Waals surface area contributed by atoms with Gasteiger partial charge in [0.15, 0.2) is 0 Å². The summed E-state index contributed by atoms with van der Waals surface area (Å²) in [5, 5.41) is 2.92. The maximum absolute atomic E-state index is 13.5. The molecular weight excluding hydrogens is 472 g/mol. The molecule has 8 heteroatoms. The Morgan fingerprint density at radius 1 is 1.06 bits per heavy atom. The molecule has 3 aromatic carbocycles. The van der Waals surface area contributed by atoms with Crippen molar-refractivity contribution in [3.05, 3.63) is 82.4 Å². The van der Waals surface area contributed by atoms with E-state index in [1.54, 1.807) is 18.2 Å². The van der Waals surface area contributed by atoms with Gasteiger partial charge in [0.2, 0.25) is 0 Å². The number of halogens is 1. The highest BCUT2D eigenvalue weighted by Gasteiger charge is 2.32. The van der Waals surface area contributed by atoms with Crippen molar-refractivity contribution in [3.63, 3.8) is 0 Å². The van der Waals surface area contributed by atoms with E-state index >= 15 is 0 Å². The molecule has 0 aliphatic carbocycles. The largest absolute Gasteiger partial charge is 0.495 e. The van der Waals surface area contributed by atoms with Gasteiger partial charge in [0.25, 0.3) is 15.9 Å². The molecule has 6 nitrogen and oxygen atoms in total. The van der Waals surface area contributed by atoms with Crippen LogP contribution in [0, 0.1) is 0 Å². The average molecular weight is 499 g/mol. The summed E-state index contributed by atoms with van der Waals surface area (Å²) in [5.74, 6) is 0.0520. The van der Waals surface area contributed by atoms with E-state index in [4.69, 9.17) is 16.3 Å². The molecule has 1 N–H and O–H groups in total. The van der Waals surface area contributed by atoms with E-state index in [9.17, 15) is 13.2 Å². The minimum atomic E-state index is -3.95. The second-order valence-corrected chi connectivity index (χ2v) is 11.5. The number of rotatable bonds is 5. The molecule has 0 spiro atoms. The molecule has 34 heavy (non-hydrogen) atoms. The first-order valence-corrected chi connectivity index (χ1v) is 12.7. The lowest BCUT2D eigenvalue weighted by molar-refractivity contribution is 0.102. The molecule has 0 fully saturated rings. The highest BCUT2D eigenvalue weighted by molar-refractivity contribution is 7.93. The van der Waals surface area contributed by atoms with Crippen LogP contribution in [0.25, 0.3) is 0 Å². The Hall–Kier alpha value is -3.03. The number of sulfonamides is 1. The molecule has 1 aliphatic heterocycles. The molecule has 1 amide bonds. The number of carbonyl (C=O) groups excluding carboxylic acids is 1. The number of hydrogen-bond acceptors (Lipinski definition) is 4. The normalized spacial score (nSPS) is 13.5. The maximum Gasteiger partial charge on any atom is 0.265 e. The predicted octanol–water partition coefficient (Wildman–Crippen LogP) is 5.65. The lowest BCUT2D eigenvalue weighted by Crippen LogP contribution is -2.29. The Morgan fingerprint density at radius 2 is 1.79 bits per heavy atom. The number of nitrogens with one attached hydrogen (secondary N) is 1. The van der Waals surface area contributed by atoms with Crippen molar-refractivity contribution in [2.45, 2.75) is 37.5 Å². The van der Waals surface area contributed by atoms with E-state index in [2.05, 4.69) is 26.1 Å². The van der Waals surface area contributed by atoms with Crippen LogP contribution in [0.2, 0.25) is 5.02 Å². The van der Waals surface area contributed by atoms with Gasteiger partial charge < -0.3 is 10.1 Å². The lowest BCUT2D eigenvalue weighted by Gasteiger charge is -2.22. The second kappa shape index (κ2) is 8.96. The third-order valence-electron chi connectivity index (χ3n) is 5.92. The van der Waals surface area contributed by atoms with Crippen LogP contribution in [0.1, 0.15) is 42.3 Å². The first kappa shape index (κ1) is 24.1. The summed E-state index contributed by atoms with van der Waals surface area (Å²) in [6.07, 6.45) is 0.622. The zero-order valence-corrected chi connectivity index (χ0v) is 21.1. The predicted molar refractivity (Wildman–Crippen MR) is 136 cm³/mol. The van der Waals surface area contributed by atoms with Crippen LogP contribution in [0.15, 0.2) is 65.6 Å². The number of ether oxygens (including phenoxy) is 1. The van der Waals surface area contributed by atoms with Crippen molar-refractivity contribution in [1.82, 2.24) is 0 Å². The number of methoxy groups -OCH3 is 1. The SMILES string of the molecule is COc1ccc(C(C)(C)C)cc1NC(=O)c1ccc(Cl)c(S(=O)(=O)N2CCc3ccccc32)c1. The van der Waals surface area contributed by atoms with Crippen LogP contribution in [0.5, 0.6) is 5.75 Å². The van der Waals surface area contributed by atoms with Crippen molar-refractivity contribution >= 4 is 38.9 Å². The summed E-state index contributed by atoms with van der Waals surface area (Å²) in [5.41, 5.74) is 3.18. The quantitative estimate of drug-likeness (QED) is 0.493. The van der Waals surface area contributed by atoms with Crippen LogP contribution in [-0.2, 0) is 21.9 Å². The Balaban J connectivity index is 1.68. The number of amides is 1. The molecule has 1 aliphatic rings. The number of para-hydroxylation sites is 1. The first-order chi connectivity index (χ1) is 16.0. The Labute approximate surface area is 205 Å². The minimum absolute atomic E-state index is 0.0632. The lowest BCUT2D eigenvalue weighted by atomic mass is 9.87. The summed E-state index contributed by atoms with van der Waals surface area (Å²) in [7, 11) is -2.42. The van der Waals surface area contributed by atoms with Crippen molar-refractivity contribution in [2.24, 2.45) is 0 Å². The monoisotopic (exact) mass is 498 g/mol. The summed E-state index contributed by atoms with van der Waals surface area (Å²) in [4.78, 5) is 13.0. The fourth-order valence-electron chi connectivity index (χ4n) is 3.99. The minimum Gasteiger partial charge on any atom is -0.495 e. The Morgan fingerprint density at radius 3 is 2.50 bits per heavy atom. The Bertz CT molecular complexity index is 1360. The highest BCUT2D eigenvalue weighted by atomic mass is 35.5. The first-order valence-electron chi connectivity index (χ1n) is 10.9. The van der Waals surface area contributed by atoms with Crippen molar-refractivity contribution < 1.29 is 17.9 Å². The summed E-state index contributed by atoms with van der Waals surface area (Å²) >= 11 is 6.31. The van der Waals surface area contributed by atoms with E-state index in [1.807, 2.05) is 24.3 Å². The van der Waals surface area contributed by atoms with Gasteiger partial charge in [-0.3, -0.25) is 9.10 Å². The molecule has 0 unspecified atom stereocenters. The van der Waals surface area contributed by atoms with Crippen molar-refractivity contribution in [3.8, 4) is 5.75 Å². The molecule has 178 valence electrons. The van der Waals surface area contributed by atoms with Gasteiger partial charge >= 0.3 is 0 Å². The number of carbonyl (C=O) groups is 1. The molecule has 0 radical (unpaired) electrons. The standard InChI is InChI=1S/C26H27ClN2O4S/c1-26(2,3)19-10-12-23(33-4)21(16-19)28-25(30)18-9-11-20(27)24(15-18)34(31,32)29-14-13-17-7-5-6-8-22(17)29/h5-12,15-16H,13-14H2,1-4H3,(H,28,30). The van der Waals surface area contributed by atoms with Crippen LogP contribution in [-0.4, -0.2) is 28.0 Å². The van der Waals surface area contributed by atoms with Gasteiger partial charge in [-0.2, -0.15) is 0 Å². The average Bonchev–Trinajstić information content (AvgIpc) is 3.23. The molecule has 0 saturated carbocycles. The molecule has 0 bridgehead atoms. The van der Waals surface area contributed by atoms with Gasteiger partial charge in [-0.05, 0) is 59.4 Å². The van der Waals surface area contributed by atoms with Gasteiger partial charge in [-0.15, -0.1) is 0 Å². The van der Waals surface area contributed by atoms with Crippen LogP contribution in [0.4, 0.5) is 11.4 Å². The third kappa shape index (κ3) is 4.50. The molecule has 4 rings (SSSR count). The molecule has 1 heterocycles. The van der Waals surface area contributed by atoms with E-state index < -0.39 is 15.9 Å². The zero-order chi connectivity index (χ0) is 24.7. The molecule has 3 aromatic rings. The number of nitrogens with zero attached hydrogens (tertiary/aromatic N) is 1. The van der Waals surface area contributed by atoms with Gasteiger partial charge in [0.1, 0.15) is 10.6 Å². The van der Waals surface area contributed by atoms with E-state index in [0.29, 0.717) is 30.1 Å². The van der Waals surface area contributed by atoms with Crippen LogP contribution in [0.3, 0.4) is 0 Å². The topological polar surface area (TPSA) is 75.7 Å². The van der Waals surface area contributed by atoms with Gasteiger partial charge in [-0.1, -0.05) is 56.6 Å². The zero-order valence-electron chi connectivity index (χ0n) is 19.6. The molecular formula is C26H27ClN2O4S. The van der Waals surface area contributed by atoms with Crippen LogP contribution < -0.4 is 14.4 Å². The molecule has 0 aromatic heterocycles. The van der Waals surface area contributed by atoms with Crippen molar-refractivity contribution in [2.75, 3.05) is 23.3 Å². The van der Waals surface area contributed by atoms with Gasteiger partial charge in [0.05, 0.1) is 23.5 Å². The van der Waals surface area contributed by atoms with Crippen LogP contribution >= 0.6 is 11.6 Å². The Kier molecular flexibility index (Phi) is 6.36. The number of fused-ring (bicyclic) bond motifs is 1. The highest BCUT2D eigenvalue weighted by Crippen LogP contribution is 2.36. The summed E-state index contributed by atoms with van der Waals surface area (Å²) in [6, 6.07) is 17.3. The van der Waals surface area contributed by atoms with Gasteiger partial charge in [-0.25, -0.2) is 8.42 Å². The fraction of sp³-hybridized carbons (Fsp3) is 0.269. The van der Waals surface area contributed by atoms with Gasteiger partial charge in [0, 0.05) is 12.1 Å². The number of hydrogen-bond donors (Lipinski definition) is 1. The van der Waals surface area contributed by atoms with Crippen molar-refractivity contribution in [1.29, 1.82) is 0 Å². The maximum atomic E-state index is 13.5. The number of benzene rings is 3. The summed E-state index contributed by atoms with van der Waals surface area (Å²) in [6.45, 7) is 6.55. The fourth-order valence-corrected chi connectivity index (χ4v) is 5.99. The third-order valence-corrected chi connectivity index (χ3v) is 8.21. The summed E-state index contributed by atoms with van der Waals surface area (Å²) < 4.78 is 33.8. The van der Waals surface area contributed by atoms with E-state index in [1.165, 1.54) is 29.6 Å². The smallest absolute Gasteiger partial charge is 0.265 e. The number of anilines is 2. The molecule has 0 saturated heterocycles. The molecule has 0 atom stereocenters. The van der Waals surface area contributed by atoms with E-state index in [-0.39, 0.29) is 20.9 Å².